The van der Waals surface area contributed by atoms with Gasteiger partial charge in [0.2, 0.25) is 0 Å². The van der Waals surface area contributed by atoms with Crippen molar-refractivity contribution in [3.05, 3.63) is 83.7 Å². The SMILES string of the molecule is C=S(=O)(Nc1c(C)cccc1C)c1ccc(NC(=O)c2ccccn2)cc1. The van der Waals surface area contributed by atoms with Crippen LogP contribution in [0, 0.1) is 13.8 Å². The molecule has 2 N–H and O–H groups in total. The topological polar surface area (TPSA) is 71.1 Å². The number of benzene rings is 2. The highest BCUT2D eigenvalue weighted by Crippen LogP contribution is 2.24. The summed E-state index contributed by atoms with van der Waals surface area (Å²) in [5.74, 6) is 3.58. The van der Waals surface area contributed by atoms with Crippen LogP contribution in [0.1, 0.15) is 21.6 Å². The molecule has 0 radical (unpaired) electrons. The van der Waals surface area contributed by atoms with Crippen LogP contribution in [-0.2, 0) is 9.71 Å². The second kappa shape index (κ2) is 7.63. The maximum atomic E-state index is 13.1. The first-order chi connectivity index (χ1) is 12.9. The van der Waals surface area contributed by atoms with E-state index in [1.807, 2.05) is 32.0 Å². The van der Waals surface area contributed by atoms with E-state index in [1.54, 1.807) is 48.7 Å². The lowest BCUT2D eigenvalue weighted by molar-refractivity contribution is 0.102. The molecule has 1 atom stereocenters. The van der Waals surface area contributed by atoms with Crippen LogP contribution in [0.5, 0.6) is 0 Å². The lowest BCUT2D eigenvalue weighted by atomic mass is 10.1. The molecule has 1 aromatic heterocycles. The van der Waals surface area contributed by atoms with Crippen molar-refractivity contribution in [2.45, 2.75) is 18.7 Å². The largest absolute Gasteiger partial charge is 0.321 e. The second-order valence-corrected chi connectivity index (χ2v) is 8.26. The third-order valence-electron chi connectivity index (χ3n) is 4.14. The van der Waals surface area contributed by atoms with Crippen molar-refractivity contribution in [2.24, 2.45) is 0 Å². The number of para-hydroxylation sites is 1. The maximum Gasteiger partial charge on any atom is 0.274 e. The molecule has 6 heteroatoms. The zero-order valence-corrected chi connectivity index (χ0v) is 16.0. The first-order valence-corrected chi connectivity index (χ1v) is 10.1. The van der Waals surface area contributed by atoms with E-state index in [2.05, 4.69) is 20.9 Å². The molecule has 1 amide bonds. The second-order valence-electron chi connectivity index (χ2n) is 6.24. The van der Waals surface area contributed by atoms with Gasteiger partial charge in [-0.2, -0.15) is 0 Å². The highest BCUT2D eigenvalue weighted by atomic mass is 32.2. The van der Waals surface area contributed by atoms with Gasteiger partial charge in [-0.25, -0.2) is 4.21 Å². The van der Waals surface area contributed by atoms with Gasteiger partial charge in [0, 0.05) is 16.8 Å². The number of carbonyl (C=O) groups is 1. The van der Waals surface area contributed by atoms with Crippen LogP contribution in [0.3, 0.4) is 0 Å². The van der Waals surface area contributed by atoms with E-state index in [-0.39, 0.29) is 5.91 Å². The standard InChI is InChI=1S/C21H21N3O2S/c1-15-7-6-8-16(2)20(15)24-27(3,26)18-12-10-17(11-13-18)23-21(25)19-9-4-5-14-22-19/h4-14H,3H2,1-2H3,(H,23,25)(H,24,26). The summed E-state index contributed by atoms with van der Waals surface area (Å²) in [4.78, 5) is 16.7. The molecule has 3 rings (SSSR count). The molecule has 0 saturated carbocycles. The van der Waals surface area contributed by atoms with Crippen molar-refractivity contribution in [3.8, 4) is 0 Å². The van der Waals surface area contributed by atoms with Crippen molar-refractivity contribution in [2.75, 3.05) is 10.0 Å². The van der Waals surface area contributed by atoms with Crippen LogP contribution in [-0.4, -0.2) is 21.0 Å². The summed E-state index contributed by atoms with van der Waals surface area (Å²) in [7, 11) is -2.73. The number of hydrogen-bond acceptors (Lipinski definition) is 3. The molecule has 0 saturated heterocycles. The normalized spacial score (nSPS) is 12.8. The molecule has 1 unspecified atom stereocenters. The van der Waals surface area contributed by atoms with Crippen LogP contribution in [0.4, 0.5) is 11.4 Å². The molecule has 0 fully saturated rings. The van der Waals surface area contributed by atoms with E-state index in [0.717, 1.165) is 16.8 Å². The lowest BCUT2D eigenvalue weighted by Gasteiger charge is -2.17. The number of rotatable bonds is 5. The Bertz CT molecular complexity index is 1040. The van der Waals surface area contributed by atoms with Gasteiger partial charge in [-0.1, -0.05) is 24.3 Å². The number of nitrogens with one attached hydrogen (secondary N) is 2. The Hall–Kier alpha value is -3.12. The minimum Gasteiger partial charge on any atom is -0.321 e. The molecule has 3 aromatic rings. The van der Waals surface area contributed by atoms with E-state index >= 15 is 0 Å². The smallest absolute Gasteiger partial charge is 0.274 e. The summed E-state index contributed by atoms with van der Waals surface area (Å²) in [5.41, 5.74) is 3.76. The molecule has 27 heavy (non-hydrogen) atoms. The van der Waals surface area contributed by atoms with E-state index in [9.17, 15) is 9.00 Å². The fraction of sp³-hybridized carbons (Fsp3) is 0.0952. The average Bonchev–Trinajstić information content (AvgIpc) is 2.66. The van der Waals surface area contributed by atoms with Gasteiger partial charge in [-0.15, -0.1) is 0 Å². The van der Waals surface area contributed by atoms with Gasteiger partial charge < -0.3 is 10.0 Å². The van der Waals surface area contributed by atoms with Gasteiger partial charge >= 0.3 is 0 Å². The molecule has 0 aliphatic carbocycles. The highest BCUT2D eigenvalue weighted by molar-refractivity contribution is 8.01. The molecule has 1 heterocycles. The Balaban J connectivity index is 1.77. The van der Waals surface area contributed by atoms with Crippen LogP contribution >= 0.6 is 0 Å². The number of hydrogen-bond donors (Lipinski definition) is 2. The van der Waals surface area contributed by atoms with Gasteiger partial charge in [-0.05, 0) is 67.2 Å². The Morgan fingerprint density at radius 1 is 0.963 bits per heavy atom. The Morgan fingerprint density at radius 3 is 2.22 bits per heavy atom. The predicted molar refractivity (Wildman–Crippen MR) is 112 cm³/mol. The Kier molecular flexibility index (Phi) is 5.28. The summed E-state index contributed by atoms with van der Waals surface area (Å²) in [6.45, 7) is 3.92. The number of pyridine rings is 1. The lowest BCUT2D eigenvalue weighted by Crippen LogP contribution is -2.15. The Morgan fingerprint density at radius 2 is 1.63 bits per heavy atom. The fourth-order valence-corrected chi connectivity index (χ4v) is 3.99. The third-order valence-corrected chi connectivity index (χ3v) is 5.71. The summed E-state index contributed by atoms with van der Waals surface area (Å²) in [6.07, 6.45) is 1.56. The van der Waals surface area contributed by atoms with Crippen molar-refractivity contribution in [3.63, 3.8) is 0 Å². The van der Waals surface area contributed by atoms with Crippen molar-refractivity contribution in [1.29, 1.82) is 0 Å². The number of nitrogens with zero attached hydrogens (tertiary/aromatic N) is 1. The summed E-state index contributed by atoms with van der Waals surface area (Å²) in [5, 5.41) is 2.77. The first-order valence-electron chi connectivity index (χ1n) is 8.40. The molecule has 0 aliphatic rings. The third kappa shape index (κ3) is 4.35. The van der Waals surface area contributed by atoms with Crippen LogP contribution < -0.4 is 10.0 Å². The van der Waals surface area contributed by atoms with Crippen molar-refractivity contribution >= 4 is 32.9 Å². The van der Waals surface area contributed by atoms with Gasteiger partial charge in [-0.3, -0.25) is 9.78 Å². The monoisotopic (exact) mass is 379 g/mol. The molecule has 0 spiro atoms. The van der Waals surface area contributed by atoms with E-state index < -0.39 is 9.71 Å². The first kappa shape index (κ1) is 18.7. The summed E-state index contributed by atoms with van der Waals surface area (Å²) in [6, 6.07) is 17.8. The van der Waals surface area contributed by atoms with Crippen molar-refractivity contribution in [1.82, 2.24) is 4.98 Å². The number of carbonyl (C=O) groups excluding carboxylic acids is 1. The zero-order chi connectivity index (χ0) is 19.4. The van der Waals surface area contributed by atoms with E-state index in [4.69, 9.17) is 0 Å². The summed E-state index contributed by atoms with van der Waals surface area (Å²) >= 11 is 0. The van der Waals surface area contributed by atoms with Crippen LogP contribution in [0.15, 0.2) is 71.8 Å². The van der Waals surface area contributed by atoms with Crippen LogP contribution in [0.25, 0.3) is 0 Å². The molecule has 5 nitrogen and oxygen atoms in total. The van der Waals surface area contributed by atoms with Crippen LogP contribution in [0.2, 0.25) is 0 Å². The number of amides is 1. The summed E-state index contributed by atoms with van der Waals surface area (Å²) < 4.78 is 16.2. The van der Waals surface area contributed by atoms with Crippen molar-refractivity contribution < 1.29 is 9.00 Å². The number of anilines is 2. The molecular weight excluding hydrogens is 358 g/mol. The van der Waals surface area contributed by atoms with E-state index in [0.29, 0.717) is 16.3 Å². The minimum atomic E-state index is -2.73. The highest BCUT2D eigenvalue weighted by Gasteiger charge is 2.12. The average molecular weight is 379 g/mol. The zero-order valence-electron chi connectivity index (χ0n) is 15.2. The maximum absolute atomic E-state index is 13.1. The molecule has 0 aliphatic heterocycles. The van der Waals surface area contributed by atoms with Gasteiger partial charge in [0.1, 0.15) is 5.69 Å². The van der Waals surface area contributed by atoms with Gasteiger partial charge in [0.15, 0.2) is 0 Å². The molecule has 0 bridgehead atoms. The fourth-order valence-electron chi connectivity index (χ4n) is 2.65. The molecule has 138 valence electrons. The van der Waals surface area contributed by atoms with Gasteiger partial charge in [0.25, 0.3) is 5.91 Å². The Labute approximate surface area is 159 Å². The van der Waals surface area contributed by atoms with E-state index in [1.165, 1.54) is 0 Å². The predicted octanol–water partition coefficient (Wildman–Crippen LogP) is 4.05. The minimum absolute atomic E-state index is 0.299. The van der Waals surface area contributed by atoms with Gasteiger partial charge in [0.05, 0.1) is 15.4 Å². The molecular formula is C21H21N3O2S. The number of aryl methyl sites for hydroxylation is 2. The number of aromatic nitrogens is 1. The molecule has 2 aromatic carbocycles. The quantitative estimate of drug-likeness (QED) is 0.657.